The van der Waals surface area contributed by atoms with E-state index in [9.17, 15) is 14.9 Å². The average Bonchev–Trinajstić information content (AvgIpc) is 2.60. The van der Waals surface area contributed by atoms with Crippen LogP contribution in [-0.2, 0) is 16.0 Å². The molecule has 0 saturated carbocycles. The molecule has 0 unspecified atom stereocenters. The fourth-order valence-electron chi connectivity index (χ4n) is 3.56. The number of non-ortho nitro benzene ring substituents is 1. The minimum Gasteiger partial charge on any atom is -0.377 e. The van der Waals surface area contributed by atoms with Crippen LogP contribution in [0.3, 0.4) is 0 Å². The van der Waals surface area contributed by atoms with E-state index in [1.807, 2.05) is 19.0 Å². The molecule has 25 heavy (non-hydrogen) atoms. The van der Waals surface area contributed by atoms with Crippen molar-refractivity contribution in [2.75, 3.05) is 51.8 Å². The Morgan fingerprint density at radius 2 is 2.28 bits per heavy atom. The molecule has 2 aliphatic heterocycles. The molecule has 1 N–H and O–H groups in total. The van der Waals surface area contributed by atoms with Crippen LogP contribution in [0.4, 0.5) is 11.4 Å². The SMILES string of the molecule is CN(C)CCNC(=O)[C@H]1Cc2cc([N+](=O)[O-])ccc2N2CCOC[C@H]12. The highest BCUT2D eigenvalue weighted by atomic mass is 16.6. The number of rotatable bonds is 5. The first-order valence-corrected chi connectivity index (χ1v) is 8.51. The highest BCUT2D eigenvalue weighted by Crippen LogP contribution is 2.37. The van der Waals surface area contributed by atoms with E-state index in [2.05, 4.69) is 10.2 Å². The number of hydrogen-bond donors (Lipinski definition) is 1. The molecule has 0 bridgehead atoms. The van der Waals surface area contributed by atoms with E-state index in [4.69, 9.17) is 4.74 Å². The molecule has 2 aliphatic rings. The first kappa shape index (κ1) is 17.6. The summed E-state index contributed by atoms with van der Waals surface area (Å²) >= 11 is 0. The zero-order valence-corrected chi connectivity index (χ0v) is 14.6. The monoisotopic (exact) mass is 348 g/mol. The number of anilines is 1. The highest BCUT2D eigenvalue weighted by Gasteiger charge is 2.40. The van der Waals surface area contributed by atoms with E-state index in [1.165, 1.54) is 6.07 Å². The Labute approximate surface area is 146 Å². The Balaban J connectivity index is 1.83. The van der Waals surface area contributed by atoms with Crippen molar-refractivity contribution in [2.24, 2.45) is 5.92 Å². The highest BCUT2D eigenvalue weighted by molar-refractivity contribution is 5.82. The van der Waals surface area contributed by atoms with Crippen LogP contribution in [0.15, 0.2) is 18.2 Å². The lowest BCUT2D eigenvalue weighted by atomic mass is 9.84. The lowest BCUT2D eigenvalue weighted by Crippen LogP contribution is -2.57. The maximum Gasteiger partial charge on any atom is 0.269 e. The number of likely N-dealkylation sites (N-methyl/N-ethyl adjacent to an activating group) is 1. The summed E-state index contributed by atoms with van der Waals surface area (Å²) in [5.41, 5.74) is 1.91. The fourth-order valence-corrected chi connectivity index (χ4v) is 3.56. The van der Waals surface area contributed by atoms with Gasteiger partial charge in [0, 0.05) is 37.5 Å². The molecule has 1 fully saturated rings. The molecule has 1 aromatic carbocycles. The predicted octanol–water partition coefficient (Wildman–Crippen LogP) is 0.650. The number of benzene rings is 1. The summed E-state index contributed by atoms with van der Waals surface area (Å²) in [5, 5.41) is 14.1. The van der Waals surface area contributed by atoms with Gasteiger partial charge in [0.15, 0.2) is 0 Å². The van der Waals surface area contributed by atoms with Crippen molar-refractivity contribution in [1.82, 2.24) is 10.2 Å². The number of amides is 1. The van der Waals surface area contributed by atoms with Crippen molar-refractivity contribution < 1.29 is 14.5 Å². The zero-order valence-electron chi connectivity index (χ0n) is 14.6. The molecule has 3 rings (SSSR count). The summed E-state index contributed by atoms with van der Waals surface area (Å²) in [7, 11) is 3.91. The van der Waals surface area contributed by atoms with Gasteiger partial charge in [-0.3, -0.25) is 14.9 Å². The van der Waals surface area contributed by atoms with E-state index in [0.717, 1.165) is 17.8 Å². The second-order valence-corrected chi connectivity index (χ2v) is 6.81. The Morgan fingerprint density at radius 3 is 3.00 bits per heavy atom. The number of carbonyl (C=O) groups is 1. The van der Waals surface area contributed by atoms with Crippen LogP contribution in [0.25, 0.3) is 0 Å². The smallest absolute Gasteiger partial charge is 0.269 e. The lowest BCUT2D eigenvalue weighted by Gasteiger charge is -2.45. The average molecular weight is 348 g/mol. The molecule has 8 nitrogen and oxygen atoms in total. The quantitative estimate of drug-likeness (QED) is 0.621. The van der Waals surface area contributed by atoms with E-state index in [1.54, 1.807) is 12.1 Å². The third kappa shape index (κ3) is 3.74. The van der Waals surface area contributed by atoms with E-state index in [-0.39, 0.29) is 23.6 Å². The topological polar surface area (TPSA) is 88.0 Å². The van der Waals surface area contributed by atoms with Gasteiger partial charge in [-0.15, -0.1) is 0 Å². The second kappa shape index (κ2) is 7.37. The van der Waals surface area contributed by atoms with Crippen molar-refractivity contribution in [3.05, 3.63) is 33.9 Å². The number of fused-ring (bicyclic) bond motifs is 3. The van der Waals surface area contributed by atoms with E-state index in [0.29, 0.717) is 32.7 Å². The third-order valence-electron chi connectivity index (χ3n) is 4.85. The first-order valence-electron chi connectivity index (χ1n) is 8.51. The van der Waals surface area contributed by atoms with Crippen LogP contribution in [0.5, 0.6) is 0 Å². The van der Waals surface area contributed by atoms with Crippen molar-refractivity contribution in [2.45, 2.75) is 12.5 Å². The number of nitrogens with one attached hydrogen (secondary N) is 1. The molecule has 136 valence electrons. The predicted molar refractivity (Wildman–Crippen MR) is 93.8 cm³/mol. The van der Waals surface area contributed by atoms with Gasteiger partial charge in [-0.05, 0) is 32.1 Å². The number of nitro groups is 1. The Bertz CT molecular complexity index is 664. The van der Waals surface area contributed by atoms with Crippen LogP contribution in [0, 0.1) is 16.0 Å². The van der Waals surface area contributed by atoms with Crippen LogP contribution >= 0.6 is 0 Å². The molecule has 0 spiro atoms. The summed E-state index contributed by atoms with van der Waals surface area (Å²) in [6, 6.07) is 4.90. The molecule has 0 aromatic heterocycles. The molecule has 2 heterocycles. The zero-order chi connectivity index (χ0) is 18.0. The summed E-state index contributed by atoms with van der Waals surface area (Å²) < 4.78 is 5.60. The minimum absolute atomic E-state index is 0.0143. The third-order valence-corrected chi connectivity index (χ3v) is 4.85. The molecule has 8 heteroatoms. The van der Waals surface area contributed by atoms with Gasteiger partial charge in [0.1, 0.15) is 0 Å². The van der Waals surface area contributed by atoms with Crippen molar-refractivity contribution >= 4 is 17.3 Å². The van der Waals surface area contributed by atoms with Crippen molar-refractivity contribution in [3.63, 3.8) is 0 Å². The molecular formula is C17H24N4O4. The molecule has 0 aliphatic carbocycles. The van der Waals surface area contributed by atoms with Crippen LogP contribution in [-0.4, -0.2) is 68.7 Å². The Hall–Kier alpha value is -2.19. The van der Waals surface area contributed by atoms with Gasteiger partial charge in [0.25, 0.3) is 5.69 Å². The van der Waals surface area contributed by atoms with Crippen LogP contribution < -0.4 is 10.2 Å². The van der Waals surface area contributed by atoms with Gasteiger partial charge in [-0.2, -0.15) is 0 Å². The molecule has 1 aromatic rings. The minimum atomic E-state index is -0.391. The van der Waals surface area contributed by atoms with Crippen LogP contribution in [0.1, 0.15) is 5.56 Å². The Kier molecular flexibility index (Phi) is 5.19. The summed E-state index contributed by atoms with van der Waals surface area (Å²) in [6.07, 6.45) is 0.495. The number of ether oxygens (including phenoxy) is 1. The molecule has 1 saturated heterocycles. The largest absolute Gasteiger partial charge is 0.377 e. The maximum atomic E-state index is 12.7. The normalized spacial score (nSPS) is 22.3. The first-order chi connectivity index (χ1) is 12.0. The van der Waals surface area contributed by atoms with Gasteiger partial charge in [-0.25, -0.2) is 0 Å². The van der Waals surface area contributed by atoms with E-state index >= 15 is 0 Å². The fraction of sp³-hybridized carbons (Fsp3) is 0.588. The van der Waals surface area contributed by atoms with Crippen LogP contribution in [0.2, 0.25) is 0 Å². The van der Waals surface area contributed by atoms with Gasteiger partial charge < -0.3 is 19.9 Å². The number of nitrogens with zero attached hydrogens (tertiary/aromatic N) is 3. The molecule has 2 atom stereocenters. The number of nitro benzene ring substituents is 1. The van der Waals surface area contributed by atoms with E-state index < -0.39 is 4.92 Å². The standard InChI is InChI=1S/C17H24N4O4/c1-19(2)6-5-18-17(22)14-10-12-9-13(21(23)24)3-4-15(12)20-7-8-25-11-16(14)20/h3-4,9,14,16H,5-8,10-11H2,1-2H3,(H,18,22)/t14-,16+/m0/s1. The van der Waals surface area contributed by atoms with Gasteiger partial charge in [0.2, 0.25) is 5.91 Å². The number of hydrogen-bond acceptors (Lipinski definition) is 6. The lowest BCUT2D eigenvalue weighted by molar-refractivity contribution is -0.384. The van der Waals surface area contributed by atoms with Gasteiger partial charge in [-0.1, -0.05) is 0 Å². The second-order valence-electron chi connectivity index (χ2n) is 6.81. The Morgan fingerprint density at radius 1 is 1.48 bits per heavy atom. The molecule has 0 radical (unpaired) electrons. The molecule has 1 amide bonds. The number of carbonyl (C=O) groups excluding carboxylic acids is 1. The summed E-state index contributed by atoms with van der Waals surface area (Å²) in [5.74, 6) is -0.281. The van der Waals surface area contributed by atoms with Crippen molar-refractivity contribution in [1.29, 1.82) is 0 Å². The maximum absolute atomic E-state index is 12.7. The number of morpholine rings is 1. The van der Waals surface area contributed by atoms with Gasteiger partial charge in [0.05, 0.1) is 30.1 Å². The molecular weight excluding hydrogens is 324 g/mol. The van der Waals surface area contributed by atoms with Gasteiger partial charge >= 0.3 is 0 Å². The van der Waals surface area contributed by atoms with Crippen molar-refractivity contribution in [3.8, 4) is 0 Å². The summed E-state index contributed by atoms with van der Waals surface area (Å²) in [4.78, 5) is 27.6. The summed E-state index contributed by atoms with van der Waals surface area (Å²) in [6.45, 7) is 3.14.